The van der Waals surface area contributed by atoms with Gasteiger partial charge < -0.3 is 10.1 Å². The maximum atomic E-state index is 12.8. The van der Waals surface area contributed by atoms with Crippen LogP contribution in [-0.2, 0) is 16.1 Å². The summed E-state index contributed by atoms with van der Waals surface area (Å²) in [5, 5.41) is 2.61. The first kappa shape index (κ1) is 17.8. The molecular weight excluding hydrogens is 333 g/mol. The molecule has 0 radical (unpaired) electrons. The van der Waals surface area contributed by atoms with Crippen LogP contribution in [0.4, 0.5) is 4.39 Å². The van der Waals surface area contributed by atoms with Crippen molar-refractivity contribution in [2.45, 2.75) is 26.5 Å². The van der Waals surface area contributed by atoms with Gasteiger partial charge in [0.2, 0.25) is 0 Å². The highest BCUT2D eigenvalue weighted by atomic mass is 32.1. The van der Waals surface area contributed by atoms with Gasteiger partial charge >= 0.3 is 5.97 Å². The van der Waals surface area contributed by atoms with Crippen molar-refractivity contribution in [2.75, 3.05) is 0 Å². The van der Waals surface area contributed by atoms with Crippen LogP contribution in [0.1, 0.15) is 38.8 Å². The molecule has 0 bridgehead atoms. The molecule has 7 heteroatoms. The van der Waals surface area contributed by atoms with E-state index in [2.05, 4.69) is 5.32 Å². The van der Waals surface area contributed by atoms with E-state index in [4.69, 9.17) is 4.74 Å². The van der Waals surface area contributed by atoms with Crippen LogP contribution in [-0.4, -0.2) is 23.8 Å². The van der Waals surface area contributed by atoms with Gasteiger partial charge in [-0.1, -0.05) is 12.1 Å². The molecule has 0 saturated heterocycles. The third-order valence-electron chi connectivity index (χ3n) is 3.19. The Kier molecular flexibility index (Phi) is 5.81. The van der Waals surface area contributed by atoms with Crippen LogP contribution in [0, 0.1) is 5.82 Å². The second-order valence-electron chi connectivity index (χ2n) is 5.11. The SMILES string of the molecule is CC(=O)c1ccc(C(=O)OC(C)C(=O)NCc2ccc(F)cc2)s1. The van der Waals surface area contributed by atoms with Crippen molar-refractivity contribution in [3.05, 3.63) is 57.5 Å². The second kappa shape index (κ2) is 7.83. The number of carbonyl (C=O) groups is 3. The number of amides is 1. The molecule has 1 amide bonds. The first-order valence-electron chi connectivity index (χ1n) is 7.20. The van der Waals surface area contributed by atoms with Gasteiger partial charge in [-0.2, -0.15) is 0 Å². The predicted molar refractivity (Wildman–Crippen MR) is 87.4 cm³/mol. The number of thiophene rings is 1. The average molecular weight is 349 g/mol. The monoisotopic (exact) mass is 349 g/mol. The van der Waals surface area contributed by atoms with Gasteiger partial charge in [-0.05, 0) is 43.7 Å². The van der Waals surface area contributed by atoms with Gasteiger partial charge in [0.15, 0.2) is 11.9 Å². The van der Waals surface area contributed by atoms with Crippen molar-refractivity contribution in [1.82, 2.24) is 5.32 Å². The van der Waals surface area contributed by atoms with Crippen molar-refractivity contribution in [3.63, 3.8) is 0 Å². The van der Waals surface area contributed by atoms with Gasteiger partial charge in [0.25, 0.3) is 5.91 Å². The molecule has 5 nitrogen and oxygen atoms in total. The number of hydrogen-bond donors (Lipinski definition) is 1. The van der Waals surface area contributed by atoms with Crippen LogP contribution in [0.25, 0.3) is 0 Å². The Bertz CT molecular complexity index is 754. The molecule has 2 rings (SSSR count). The molecule has 126 valence electrons. The zero-order valence-electron chi connectivity index (χ0n) is 13.2. The molecule has 1 atom stereocenters. The molecule has 0 aliphatic rings. The maximum absolute atomic E-state index is 12.8. The van der Waals surface area contributed by atoms with E-state index in [9.17, 15) is 18.8 Å². The van der Waals surface area contributed by atoms with Gasteiger partial charge in [-0.25, -0.2) is 9.18 Å². The van der Waals surface area contributed by atoms with Gasteiger partial charge in [0.05, 0.1) is 4.88 Å². The molecule has 1 unspecified atom stereocenters. The number of carbonyl (C=O) groups excluding carboxylic acids is 3. The molecular formula is C17H16FNO4S. The zero-order chi connectivity index (χ0) is 17.7. The summed E-state index contributed by atoms with van der Waals surface area (Å²) >= 11 is 1.02. The highest BCUT2D eigenvalue weighted by Gasteiger charge is 2.20. The minimum absolute atomic E-state index is 0.135. The predicted octanol–water partition coefficient (Wildman–Crippen LogP) is 2.95. The highest BCUT2D eigenvalue weighted by Crippen LogP contribution is 2.18. The van der Waals surface area contributed by atoms with Crippen LogP contribution in [0.3, 0.4) is 0 Å². The minimum Gasteiger partial charge on any atom is -0.448 e. The third-order valence-corrected chi connectivity index (χ3v) is 4.35. The fourth-order valence-electron chi connectivity index (χ4n) is 1.84. The fourth-order valence-corrected chi connectivity index (χ4v) is 2.63. The standard InChI is InChI=1S/C17H16FNO4S/c1-10(20)14-7-8-15(24-14)17(22)23-11(2)16(21)19-9-12-3-5-13(18)6-4-12/h3-8,11H,9H2,1-2H3,(H,19,21). The Morgan fingerprint density at radius 1 is 1.12 bits per heavy atom. The number of ketones is 1. The highest BCUT2D eigenvalue weighted by molar-refractivity contribution is 7.15. The Hall–Kier alpha value is -2.54. The summed E-state index contributed by atoms with van der Waals surface area (Å²) in [6.45, 7) is 3.07. The molecule has 1 aromatic carbocycles. The topological polar surface area (TPSA) is 72.5 Å². The van der Waals surface area contributed by atoms with Crippen LogP contribution in [0.5, 0.6) is 0 Å². The maximum Gasteiger partial charge on any atom is 0.349 e. The van der Waals surface area contributed by atoms with Crippen molar-refractivity contribution < 1.29 is 23.5 Å². The number of hydrogen-bond acceptors (Lipinski definition) is 5. The van der Waals surface area contributed by atoms with Crippen molar-refractivity contribution in [1.29, 1.82) is 0 Å². The lowest BCUT2D eigenvalue weighted by Gasteiger charge is -2.13. The summed E-state index contributed by atoms with van der Waals surface area (Å²) in [6.07, 6.45) is -0.985. The zero-order valence-corrected chi connectivity index (χ0v) is 14.0. The lowest BCUT2D eigenvalue weighted by molar-refractivity contribution is -0.129. The van der Waals surface area contributed by atoms with Crippen LogP contribution in [0.2, 0.25) is 0 Å². The van der Waals surface area contributed by atoms with Crippen molar-refractivity contribution >= 4 is 29.0 Å². The summed E-state index contributed by atoms with van der Waals surface area (Å²) in [5.41, 5.74) is 0.729. The van der Waals surface area contributed by atoms with E-state index in [0.29, 0.717) is 4.88 Å². The largest absolute Gasteiger partial charge is 0.448 e. The van der Waals surface area contributed by atoms with Gasteiger partial charge in [-0.15, -0.1) is 11.3 Å². The van der Waals surface area contributed by atoms with E-state index in [-0.39, 0.29) is 23.0 Å². The minimum atomic E-state index is -0.985. The van der Waals surface area contributed by atoms with Crippen molar-refractivity contribution in [3.8, 4) is 0 Å². The van der Waals surface area contributed by atoms with Crippen LogP contribution in [0.15, 0.2) is 36.4 Å². The molecule has 0 aliphatic heterocycles. The number of rotatable bonds is 6. The molecule has 0 spiro atoms. The van der Waals surface area contributed by atoms with E-state index in [0.717, 1.165) is 16.9 Å². The Balaban J connectivity index is 1.87. The number of halogens is 1. The number of nitrogens with one attached hydrogen (secondary N) is 1. The van der Waals surface area contributed by atoms with E-state index in [1.807, 2.05) is 0 Å². The van der Waals surface area contributed by atoms with E-state index >= 15 is 0 Å². The third kappa shape index (κ3) is 4.73. The molecule has 0 fully saturated rings. The first-order valence-corrected chi connectivity index (χ1v) is 8.02. The summed E-state index contributed by atoms with van der Waals surface area (Å²) in [4.78, 5) is 35.9. The van der Waals surface area contributed by atoms with E-state index in [1.54, 1.807) is 18.2 Å². The number of Topliss-reactive ketones (excluding diaryl/α,β-unsaturated/α-hetero) is 1. The smallest absolute Gasteiger partial charge is 0.349 e. The van der Waals surface area contributed by atoms with Gasteiger partial charge in [-0.3, -0.25) is 9.59 Å². The van der Waals surface area contributed by atoms with Gasteiger partial charge in [0.1, 0.15) is 10.7 Å². The molecule has 1 N–H and O–H groups in total. The summed E-state index contributed by atoms with van der Waals surface area (Å²) in [7, 11) is 0. The normalized spacial score (nSPS) is 11.6. The summed E-state index contributed by atoms with van der Waals surface area (Å²) < 4.78 is 17.9. The fraction of sp³-hybridized carbons (Fsp3) is 0.235. The lowest BCUT2D eigenvalue weighted by Crippen LogP contribution is -2.35. The number of ether oxygens (including phenoxy) is 1. The molecule has 2 aromatic rings. The van der Waals surface area contributed by atoms with Crippen LogP contribution >= 0.6 is 11.3 Å². The molecule has 0 aliphatic carbocycles. The van der Waals surface area contributed by atoms with Crippen LogP contribution < -0.4 is 5.32 Å². The molecule has 1 aromatic heterocycles. The Morgan fingerprint density at radius 3 is 2.33 bits per heavy atom. The quantitative estimate of drug-likeness (QED) is 0.643. The Labute approximate surface area is 142 Å². The molecule has 0 saturated carbocycles. The van der Waals surface area contributed by atoms with Gasteiger partial charge in [0, 0.05) is 6.54 Å². The van der Waals surface area contributed by atoms with E-state index in [1.165, 1.54) is 32.0 Å². The average Bonchev–Trinajstić information content (AvgIpc) is 3.04. The summed E-state index contributed by atoms with van der Waals surface area (Å²) in [6, 6.07) is 8.75. The number of esters is 1. The lowest BCUT2D eigenvalue weighted by atomic mass is 10.2. The molecule has 1 heterocycles. The van der Waals surface area contributed by atoms with Crippen molar-refractivity contribution in [2.24, 2.45) is 0 Å². The Morgan fingerprint density at radius 2 is 1.75 bits per heavy atom. The summed E-state index contributed by atoms with van der Waals surface area (Å²) in [5.74, 6) is -1.61. The number of benzene rings is 1. The first-order chi connectivity index (χ1) is 11.4. The van der Waals surface area contributed by atoms with E-state index < -0.39 is 18.0 Å². The molecule has 24 heavy (non-hydrogen) atoms. The second-order valence-corrected chi connectivity index (χ2v) is 6.20.